The Balaban J connectivity index is 0.00000121. The minimum Gasteiger partial charge on any atom is -0.481 e. The summed E-state index contributed by atoms with van der Waals surface area (Å²) in [7, 11) is 0. The van der Waals surface area contributed by atoms with E-state index in [1.807, 2.05) is 4.90 Å². The molecule has 70 valence electrons. The lowest BCUT2D eigenvalue weighted by atomic mass is 10.4. The van der Waals surface area contributed by atoms with E-state index in [-0.39, 0.29) is 24.6 Å². The maximum absolute atomic E-state index is 10.7. The number of halogens is 1. The van der Waals surface area contributed by atoms with Crippen LogP contribution in [0.1, 0.15) is 12.8 Å². The lowest BCUT2D eigenvalue weighted by Gasteiger charge is -2.10. The quantitative estimate of drug-likeness (QED) is 0.694. The monoisotopic (exact) mass is 193 g/mol. The summed E-state index contributed by atoms with van der Waals surface area (Å²) >= 11 is 0. The van der Waals surface area contributed by atoms with E-state index in [1.54, 1.807) is 0 Å². The fourth-order valence-electron chi connectivity index (χ4n) is 1.13. The van der Waals surface area contributed by atoms with Gasteiger partial charge in [0, 0.05) is 19.5 Å². The van der Waals surface area contributed by atoms with Crippen molar-refractivity contribution in [3.05, 3.63) is 0 Å². The summed E-state index contributed by atoms with van der Waals surface area (Å²) in [5.74, 6) is -0.584. The highest BCUT2D eigenvalue weighted by Gasteiger charge is 2.18. The zero-order valence-corrected chi connectivity index (χ0v) is 7.47. The van der Waals surface area contributed by atoms with Crippen molar-refractivity contribution in [2.24, 2.45) is 0 Å². The molecule has 1 rings (SSSR count). The summed E-state index contributed by atoms with van der Waals surface area (Å²) in [6.07, 6.45) is 0.715. The zero-order valence-electron chi connectivity index (χ0n) is 6.65. The smallest absolute Gasteiger partial charge is 0.304 e. The zero-order chi connectivity index (χ0) is 8.27. The molecule has 0 aromatic heterocycles. The van der Waals surface area contributed by atoms with Gasteiger partial charge >= 0.3 is 5.97 Å². The molecule has 0 unspecified atom stereocenters. The van der Waals surface area contributed by atoms with Gasteiger partial charge in [-0.15, -0.1) is 12.4 Å². The predicted molar refractivity (Wildman–Crippen MR) is 45.6 cm³/mol. The Morgan fingerprint density at radius 3 is 2.67 bits per heavy atom. The van der Waals surface area contributed by atoms with Crippen molar-refractivity contribution < 1.29 is 14.7 Å². The van der Waals surface area contributed by atoms with E-state index in [2.05, 4.69) is 0 Å². The van der Waals surface area contributed by atoms with Crippen LogP contribution < -0.4 is 0 Å². The summed E-state index contributed by atoms with van der Waals surface area (Å²) < 4.78 is 0. The number of hydrogen-bond acceptors (Lipinski definition) is 3. The van der Waals surface area contributed by atoms with E-state index in [4.69, 9.17) is 5.11 Å². The molecular weight excluding hydrogens is 182 g/mol. The molecule has 1 N–H and O–H groups in total. The molecule has 1 saturated heterocycles. The first kappa shape index (κ1) is 11.4. The van der Waals surface area contributed by atoms with Crippen LogP contribution in [0.2, 0.25) is 0 Å². The lowest BCUT2D eigenvalue weighted by molar-refractivity contribution is -0.137. The molecule has 0 radical (unpaired) electrons. The number of likely N-dealkylation sites (tertiary alicyclic amines) is 1. The third-order valence-corrected chi connectivity index (χ3v) is 1.75. The van der Waals surface area contributed by atoms with E-state index >= 15 is 0 Å². The first-order valence-corrected chi connectivity index (χ1v) is 3.64. The second-order valence-electron chi connectivity index (χ2n) is 2.71. The second-order valence-corrected chi connectivity index (χ2v) is 2.71. The summed E-state index contributed by atoms with van der Waals surface area (Å²) in [5, 5.41) is 8.33. The Hall–Kier alpha value is -0.610. The molecule has 0 aromatic rings. The number of nitrogens with zero attached hydrogens (tertiary/aromatic N) is 1. The highest BCUT2D eigenvalue weighted by molar-refractivity contribution is 5.85. The van der Waals surface area contributed by atoms with Crippen molar-refractivity contribution in [1.82, 2.24) is 4.90 Å². The number of Topliss-reactive ketones (excluding diaryl/α,β-unsaturated/α-hetero) is 1. The number of aliphatic carboxylic acids is 1. The van der Waals surface area contributed by atoms with Gasteiger partial charge in [-0.05, 0) is 0 Å². The highest BCUT2D eigenvalue weighted by Crippen LogP contribution is 2.03. The van der Waals surface area contributed by atoms with Gasteiger partial charge in [0.25, 0.3) is 0 Å². The van der Waals surface area contributed by atoms with Crippen LogP contribution in [0, 0.1) is 0 Å². The largest absolute Gasteiger partial charge is 0.481 e. The average Bonchev–Trinajstić information content (AvgIpc) is 2.31. The van der Waals surface area contributed by atoms with E-state index in [0.29, 0.717) is 19.5 Å². The van der Waals surface area contributed by atoms with E-state index in [1.165, 1.54) is 0 Å². The third kappa shape index (κ3) is 3.69. The summed E-state index contributed by atoms with van der Waals surface area (Å²) in [6.45, 7) is 1.67. The van der Waals surface area contributed by atoms with Crippen molar-refractivity contribution in [1.29, 1.82) is 0 Å². The van der Waals surface area contributed by atoms with Gasteiger partial charge in [0.2, 0.25) is 0 Å². The highest BCUT2D eigenvalue weighted by atomic mass is 35.5. The first-order valence-electron chi connectivity index (χ1n) is 3.64. The van der Waals surface area contributed by atoms with Gasteiger partial charge in [0.1, 0.15) is 5.78 Å². The van der Waals surface area contributed by atoms with Crippen molar-refractivity contribution >= 4 is 24.2 Å². The summed E-state index contributed by atoms with van der Waals surface area (Å²) in [5.41, 5.74) is 0. The van der Waals surface area contributed by atoms with Crippen molar-refractivity contribution in [2.45, 2.75) is 12.8 Å². The van der Waals surface area contributed by atoms with Gasteiger partial charge in [0.15, 0.2) is 0 Å². The maximum Gasteiger partial charge on any atom is 0.304 e. The van der Waals surface area contributed by atoms with Crippen LogP contribution in [-0.2, 0) is 9.59 Å². The van der Waals surface area contributed by atoms with Crippen LogP contribution in [0.5, 0.6) is 0 Å². The van der Waals surface area contributed by atoms with Gasteiger partial charge in [0.05, 0.1) is 13.0 Å². The van der Waals surface area contributed by atoms with Crippen LogP contribution in [0.4, 0.5) is 0 Å². The van der Waals surface area contributed by atoms with E-state index in [0.717, 1.165) is 6.54 Å². The normalized spacial score (nSPS) is 17.5. The molecule has 12 heavy (non-hydrogen) atoms. The molecule has 1 aliphatic heterocycles. The number of carboxylic acids is 1. The molecule has 4 nitrogen and oxygen atoms in total. The summed E-state index contributed by atoms with van der Waals surface area (Å²) in [4.78, 5) is 22.7. The second kappa shape index (κ2) is 5.11. The third-order valence-electron chi connectivity index (χ3n) is 1.75. The number of carboxylic acid groups (broad SMARTS) is 1. The number of rotatable bonds is 3. The number of carbonyl (C=O) groups is 2. The van der Waals surface area contributed by atoms with Crippen molar-refractivity contribution in [3.63, 3.8) is 0 Å². The first-order chi connectivity index (χ1) is 5.18. The molecule has 5 heteroatoms. The minimum atomic E-state index is -0.802. The lowest BCUT2D eigenvalue weighted by Crippen LogP contribution is -2.23. The van der Waals surface area contributed by atoms with Gasteiger partial charge in [-0.25, -0.2) is 0 Å². The number of hydrogen-bond donors (Lipinski definition) is 1. The van der Waals surface area contributed by atoms with Crippen LogP contribution >= 0.6 is 12.4 Å². The number of ketones is 1. The molecule has 0 amide bonds. The molecule has 0 aliphatic carbocycles. The Morgan fingerprint density at radius 2 is 2.25 bits per heavy atom. The summed E-state index contributed by atoms with van der Waals surface area (Å²) in [6, 6.07) is 0. The van der Waals surface area contributed by atoms with E-state index in [9.17, 15) is 9.59 Å². The Kier molecular flexibility index (Phi) is 4.85. The average molecular weight is 194 g/mol. The van der Waals surface area contributed by atoms with E-state index < -0.39 is 5.97 Å². The Labute approximate surface area is 77.0 Å². The molecule has 0 aromatic carbocycles. The SMILES string of the molecule is Cl.O=C(O)CCN1CCC(=O)C1. The topological polar surface area (TPSA) is 57.6 Å². The van der Waals surface area contributed by atoms with Gasteiger partial charge in [-0.2, -0.15) is 0 Å². The van der Waals surface area contributed by atoms with Crippen LogP contribution in [0.15, 0.2) is 0 Å². The van der Waals surface area contributed by atoms with Crippen LogP contribution in [0.25, 0.3) is 0 Å². The van der Waals surface area contributed by atoms with Gasteiger partial charge < -0.3 is 5.11 Å². The molecule has 0 bridgehead atoms. The maximum atomic E-state index is 10.7. The van der Waals surface area contributed by atoms with Crippen LogP contribution in [-0.4, -0.2) is 41.4 Å². The Bertz CT molecular complexity index is 183. The molecule has 0 spiro atoms. The van der Waals surface area contributed by atoms with Gasteiger partial charge in [-0.1, -0.05) is 0 Å². The fraction of sp³-hybridized carbons (Fsp3) is 0.714. The molecule has 0 atom stereocenters. The molecular formula is C7H12ClNO3. The molecule has 1 aliphatic rings. The van der Waals surface area contributed by atoms with Crippen LogP contribution in [0.3, 0.4) is 0 Å². The van der Waals surface area contributed by atoms with Gasteiger partial charge in [-0.3, -0.25) is 14.5 Å². The standard InChI is InChI=1S/C7H11NO3.ClH/c9-6-1-3-8(5-6)4-2-7(10)11;/h1-5H2,(H,10,11);1H. The van der Waals surface area contributed by atoms with Crippen molar-refractivity contribution in [3.8, 4) is 0 Å². The molecule has 1 heterocycles. The molecule has 1 fully saturated rings. The Morgan fingerprint density at radius 1 is 1.58 bits per heavy atom. The van der Waals surface area contributed by atoms with Crippen molar-refractivity contribution in [2.75, 3.05) is 19.6 Å². The number of carbonyl (C=O) groups excluding carboxylic acids is 1. The fourth-order valence-corrected chi connectivity index (χ4v) is 1.13. The predicted octanol–water partition coefficient (Wildman–Crippen LogP) is 0.158. The molecule has 0 saturated carbocycles. The minimum absolute atomic E-state index is 0.